The lowest BCUT2D eigenvalue weighted by Crippen LogP contribution is -2.45. The van der Waals surface area contributed by atoms with E-state index in [1.54, 1.807) is 0 Å². The molecule has 0 radical (unpaired) electrons. The highest BCUT2D eigenvalue weighted by Crippen LogP contribution is 2.17. The summed E-state index contributed by atoms with van der Waals surface area (Å²) < 4.78 is 0. The third-order valence-corrected chi connectivity index (χ3v) is 8.60. The fourth-order valence-corrected chi connectivity index (χ4v) is 5.73. The van der Waals surface area contributed by atoms with Gasteiger partial charge in [-0.05, 0) is 18.8 Å². The largest absolute Gasteiger partial charge is 0.392 e. The van der Waals surface area contributed by atoms with Gasteiger partial charge in [0.25, 0.3) is 0 Å². The zero-order valence-electron chi connectivity index (χ0n) is 27.5. The SMILES string of the molecule is CCCCCCCCCCCCC(O)CN(CCN(CCN)CCN)CC(O)C(C)CCCCCCCCCC. The maximum absolute atomic E-state index is 11.1. The third-order valence-electron chi connectivity index (χ3n) is 8.60. The third kappa shape index (κ3) is 25.5. The zero-order chi connectivity index (χ0) is 29.7. The molecule has 0 saturated heterocycles. The van der Waals surface area contributed by atoms with Crippen molar-refractivity contribution in [3.8, 4) is 0 Å². The van der Waals surface area contributed by atoms with Crippen molar-refractivity contribution >= 4 is 0 Å². The van der Waals surface area contributed by atoms with Gasteiger partial charge in [-0.15, -0.1) is 0 Å². The summed E-state index contributed by atoms with van der Waals surface area (Å²) >= 11 is 0. The van der Waals surface area contributed by atoms with E-state index in [1.165, 1.54) is 109 Å². The van der Waals surface area contributed by atoms with Crippen LogP contribution in [-0.4, -0.2) is 84.6 Å². The predicted octanol–water partition coefficient (Wildman–Crippen LogP) is 6.71. The Hall–Kier alpha value is -0.240. The van der Waals surface area contributed by atoms with E-state index in [1.807, 2.05) is 0 Å². The second-order valence-electron chi connectivity index (χ2n) is 12.6. The molecule has 0 spiro atoms. The van der Waals surface area contributed by atoms with Gasteiger partial charge in [0.1, 0.15) is 0 Å². The average molecular weight is 571 g/mol. The van der Waals surface area contributed by atoms with Crippen molar-refractivity contribution in [2.75, 3.05) is 52.4 Å². The van der Waals surface area contributed by atoms with Crippen LogP contribution in [0.4, 0.5) is 0 Å². The highest BCUT2D eigenvalue weighted by atomic mass is 16.3. The number of nitrogens with two attached hydrogens (primary N) is 2. The van der Waals surface area contributed by atoms with E-state index in [9.17, 15) is 10.2 Å². The fourth-order valence-electron chi connectivity index (χ4n) is 5.73. The van der Waals surface area contributed by atoms with Crippen LogP contribution in [-0.2, 0) is 0 Å². The van der Waals surface area contributed by atoms with Crippen LogP contribution in [0.15, 0.2) is 0 Å². The van der Waals surface area contributed by atoms with Gasteiger partial charge in [0, 0.05) is 52.4 Å². The first-order valence-electron chi connectivity index (χ1n) is 17.7. The van der Waals surface area contributed by atoms with E-state index >= 15 is 0 Å². The van der Waals surface area contributed by atoms with Gasteiger partial charge in [-0.25, -0.2) is 0 Å². The molecule has 6 heteroatoms. The maximum atomic E-state index is 11.1. The minimum Gasteiger partial charge on any atom is -0.392 e. The summed E-state index contributed by atoms with van der Waals surface area (Å²) in [6.45, 7) is 12.6. The lowest BCUT2D eigenvalue weighted by Gasteiger charge is -2.32. The first-order valence-corrected chi connectivity index (χ1v) is 17.7. The zero-order valence-corrected chi connectivity index (χ0v) is 27.5. The predicted molar refractivity (Wildman–Crippen MR) is 176 cm³/mol. The molecule has 6 nitrogen and oxygen atoms in total. The van der Waals surface area contributed by atoms with Crippen LogP contribution in [0.3, 0.4) is 0 Å². The number of aliphatic hydroxyl groups is 2. The first-order chi connectivity index (χ1) is 19.5. The first kappa shape index (κ1) is 39.8. The van der Waals surface area contributed by atoms with Gasteiger partial charge < -0.3 is 21.7 Å². The maximum Gasteiger partial charge on any atom is 0.0692 e. The Morgan fingerprint density at radius 2 is 0.900 bits per heavy atom. The molecule has 0 bridgehead atoms. The summed E-state index contributed by atoms with van der Waals surface area (Å²) in [6, 6.07) is 0. The van der Waals surface area contributed by atoms with Gasteiger partial charge >= 0.3 is 0 Å². The topological polar surface area (TPSA) is 99.0 Å². The van der Waals surface area contributed by atoms with Crippen molar-refractivity contribution in [2.24, 2.45) is 17.4 Å². The smallest absolute Gasteiger partial charge is 0.0692 e. The Kier molecular flexibility index (Phi) is 30.0. The quantitative estimate of drug-likeness (QED) is 0.0671. The molecule has 0 aromatic heterocycles. The fraction of sp³-hybridized carbons (Fsp3) is 1.00. The molecule has 0 fully saturated rings. The highest BCUT2D eigenvalue weighted by Gasteiger charge is 2.20. The van der Waals surface area contributed by atoms with Crippen molar-refractivity contribution in [1.29, 1.82) is 0 Å². The summed E-state index contributed by atoms with van der Waals surface area (Å²) in [5.41, 5.74) is 11.6. The second kappa shape index (κ2) is 30.2. The van der Waals surface area contributed by atoms with Crippen LogP contribution < -0.4 is 11.5 Å². The number of hydrogen-bond donors (Lipinski definition) is 4. The van der Waals surface area contributed by atoms with Gasteiger partial charge in [0.15, 0.2) is 0 Å². The molecule has 0 saturated carbocycles. The molecule has 3 atom stereocenters. The summed E-state index contributed by atoms with van der Waals surface area (Å²) in [5, 5.41) is 21.9. The highest BCUT2D eigenvalue weighted by molar-refractivity contribution is 4.75. The van der Waals surface area contributed by atoms with Crippen LogP contribution in [0.25, 0.3) is 0 Å². The summed E-state index contributed by atoms with van der Waals surface area (Å²) in [6.07, 6.45) is 24.9. The van der Waals surface area contributed by atoms with Crippen molar-refractivity contribution < 1.29 is 10.2 Å². The molecule has 0 aliphatic carbocycles. The van der Waals surface area contributed by atoms with Crippen molar-refractivity contribution in [2.45, 2.75) is 161 Å². The van der Waals surface area contributed by atoms with Crippen molar-refractivity contribution in [3.63, 3.8) is 0 Å². The molecule has 0 aliphatic rings. The Balaban J connectivity index is 4.46. The molecule has 0 aromatic carbocycles. The number of aliphatic hydroxyl groups excluding tert-OH is 2. The molecule has 3 unspecified atom stereocenters. The van der Waals surface area contributed by atoms with Gasteiger partial charge in [0.05, 0.1) is 12.2 Å². The normalized spacial score (nSPS) is 14.3. The Morgan fingerprint density at radius 3 is 1.35 bits per heavy atom. The molecular weight excluding hydrogens is 496 g/mol. The van der Waals surface area contributed by atoms with E-state index in [-0.39, 0.29) is 18.1 Å². The Bertz CT molecular complexity index is 491. The molecule has 40 heavy (non-hydrogen) atoms. The molecule has 0 aliphatic heterocycles. The van der Waals surface area contributed by atoms with E-state index in [0.29, 0.717) is 26.2 Å². The van der Waals surface area contributed by atoms with Crippen LogP contribution >= 0.6 is 0 Å². The number of nitrogens with zero attached hydrogens (tertiary/aromatic N) is 2. The lowest BCUT2D eigenvalue weighted by molar-refractivity contribution is 0.0356. The molecular formula is C34H74N4O2. The monoisotopic (exact) mass is 571 g/mol. The van der Waals surface area contributed by atoms with E-state index < -0.39 is 0 Å². The van der Waals surface area contributed by atoms with E-state index in [4.69, 9.17) is 11.5 Å². The standard InChI is InChI=1S/C34H74N4O2/c1-4-6-8-10-12-14-15-17-19-21-23-33(39)30-38(29-28-37(26-24-35)27-25-36)31-34(40)32(3)22-20-18-16-13-11-9-7-5-2/h32-34,39-40H,4-31,35-36H2,1-3H3. The minimum atomic E-state index is -0.355. The minimum absolute atomic E-state index is 0.283. The van der Waals surface area contributed by atoms with Gasteiger partial charge in [0.2, 0.25) is 0 Å². The van der Waals surface area contributed by atoms with Crippen molar-refractivity contribution in [1.82, 2.24) is 9.80 Å². The van der Waals surface area contributed by atoms with Crippen LogP contribution in [0.1, 0.15) is 149 Å². The molecule has 0 amide bonds. The average Bonchev–Trinajstić information content (AvgIpc) is 2.94. The number of rotatable bonds is 32. The van der Waals surface area contributed by atoms with Crippen LogP contribution in [0.2, 0.25) is 0 Å². The van der Waals surface area contributed by atoms with Crippen molar-refractivity contribution in [3.05, 3.63) is 0 Å². The van der Waals surface area contributed by atoms with E-state index in [2.05, 4.69) is 30.6 Å². The summed E-state index contributed by atoms with van der Waals surface area (Å²) in [5.74, 6) is 0.283. The second-order valence-corrected chi connectivity index (χ2v) is 12.6. The molecule has 6 N–H and O–H groups in total. The van der Waals surface area contributed by atoms with Gasteiger partial charge in [-0.2, -0.15) is 0 Å². The Labute approximate surface area is 251 Å². The van der Waals surface area contributed by atoms with Crippen LogP contribution in [0, 0.1) is 5.92 Å². The van der Waals surface area contributed by atoms with E-state index in [0.717, 1.165) is 45.4 Å². The Morgan fingerprint density at radius 1 is 0.500 bits per heavy atom. The summed E-state index contributed by atoms with van der Waals surface area (Å²) in [7, 11) is 0. The number of hydrogen-bond acceptors (Lipinski definition) is 6. The van der Waals surface area contributed by atoms with Gasteiger partial charge in [-0.1, -0.05) is 136 Å². The number of unbranched alkanes of at least 4 members (excludes halogenated alkanes) is 16. The van der Waals surface area contributed by atoms with Gasteiger partial charge in [-0.3, -0.25) is 9.80 Å². The molecule has 0 aromatic rings. The molecule has 0 heterocycles. The molecule has 0 rings (SSSR count). The molecule has 242 valence electrons. The van der Waals surface area contributed by atoms with Crippen LogP contribution in [0.5, 0.6) is 0 Å². The summed E-state index contributed by atoms with van der Waals surface area (Å²) in [4.78, 5) is 4.59. The lowest BCUT2D eigenvalue weighted by atomic mass is 9.96.